The first-order valence-electron chi connectivity index (χ1n) is 11.0. The van der Waals surface area contributed by atoms with Crippen LogP contribution in [0.2, 0.25) is 16.6 Å². The van der Waals surface area contributed by atoms with E-state index in [4.69, 9.17) is 0 Å². The molecule has 0 spiro atoms. The quantitative estimate of drug-likeness (QED) is 0.234. The third kappa shape index (κ3) is 3.14. The molecule has 0 N–H and O–H groups in total. The van der Waals surface area contributed by atoms with Gasteiger partial charge >= 0.3 is 0 Å². The van der Waals surface area contributed by atoms with E-state index in [1.807, 2.05) is 0 Å². The summed E-state index contributed by atoms with van der Waals surface area (Å²) in [5.41, 5.74) is 4.76. The third-order valence-electron chi connectivity index (χ3n) is 6.97. The van der Waals surface area contributed by atoms with E-state index in [2.05, 4.69) is 119 Å². The Kier molecular flexibility index (Phi) is 5.16. The number of rotatable bonds is 5. The Morgan fingerprint density at radius 2 is 1.24 bits per heavy atom. The molecule has 2 heteroatoms. The van der Waals surface area contributed by atoms with Crippen LogP contribution in [-0.4, -0.2) is 12.5 Å². The minimum atomic E-state index is -1.71. The molecule has 1 nitrogen and oxygen atoms in total. The number of benzene rings is 3. The van der Waals surface area contributed by atoms with E-state index in [1.165, 1.54) is 32.7 Å². The molecular formula is C27H33NSi. The van der Waals surface area contributed by atoms with Gasteiger partial charge in [-0.2, -0.15) is 0 Å². The van der Waals surface area contributed by atoms with Gasteiger partial charge in [0.2, 0.25) is 0 Å². The second kappa shape index (κ2) is 7.49. The van der Waals surface area contributed by atoms with Gasteiger partial charge in [-0.15, -0.1) is 0 Å². The highest BCUT2D eigenvalue weighted by Crippen LogP contribution is 2.43. The van der Waals surface area contributed by atoms with Gasteiger partial charge in [0.25, 0.3) is 0 Å². The molecule has 1 heterocycles. The van der Waals surface area contributed by atoms with Gasteiger partial charge in [-0.3, -0.25) is 0 Å². The Hall–Kier alpha value is -2.32. The maximum absolute atomic E-state index is 2.64. The van der Waals surface area contributed by atoms with E-state index in [0.717, 1.165) is 0 Å². The summed E-state index contributed by atoms with van der Waals surface area (Å²) in [5, 5.41) is 5.27. The topological polar surface area (TPSA) is 4.93 Å². The molecule has 1 aromatic heterocycles. The minimum Gasteiger partial charge on any atom is -0.379 e. The molecule has 29 heavy (non-hydrogen) atoms. The molecule has 3 aromatic carbocycles. The fraction of sp³-hybridized carbons (Fsp3) is 0.333. The Balaban J connectivity index is 1.90. The zero-order valence-electron chi connectivity index (χ0n) is 18.6. The fourth-order valence-corrected chi connectivity index (χ4v) is 12.4. The Morgan fingerprint density at radius 3 is 1.86 bits per heavy atom. The van der Waals surface area contributed by atoms with Gasteiger partial charge < -0.3 is 4.23 Å². The van der Waals surface area contributed by atoms with Crippen molar-refractivity contribution < 1.29 is 0 Å². The highest BCUT2D eigenvalue weighted by molar-refractivity contribution is 6.82. The van der Waals surface area contributed by atoms with Crippen LogP contribution >= 0.6 is 0 Å². The van der Waals surface area contributed by atoms with Crippen molar-refractivity contribution >= 4 is 29.8 Å². The van der Waals surface area contributed by atoms with Crippen molar-refractivity contribution in [3.8, 4) is 11.1 Å². The smallest absolute Gasteiger partial charge is 0.168 e. The first-order valence-corrected chi connectivity index (χ1v) is 13.1. The van der Waals surface area contributed by atoms with Crippen LogP contribution in [0.5, 0.6) is 0 Å². The summed E-state index contributed by atoms with van der Waals surface area (Å²) in [4.78, 5) is 0. The summed E-state index contributed by atoms with van der Waals surface area (Å²) >= 11 is 0. The molecule has 0 bridgehead atoms. The molecule has 0 radical (unpaired) electrons. The lowest BCUT2D eigenvalue weighted by Gasteiger charge is -2.44. The first-order chi connectivity index (χ1) is 13.9. The number of aromatic nitrogens is 1. The molecule has 150 valence electrons. The first kappa shape index (κ1) is 20.0. The Morgan fingerprint density at radius 1 is 0.655 bits per heavy atom. The third-order valence-corrected chi connectivity index (χ3v) is 13.7. The Bertz CT molecular complexity index is 1130. The summed E-state index contributed by atoms with van der Waals surface area (Å²) in [6.45, 7) is 14.6. The van der Waals surface area contributed by atoms with Gasteiger partial charge in [0.1, 0.15) is 0 Å². The average molecular weight is 400 g/mol. The Labute approximate surface area is 176 Å². The lowest BCUT2D eigenvalue weighted by molar-refractivity contribution is 0.766. The minimum absolute atomic E-state index is 0.694. The predicted octanol–water partition coefficient (Wildman–Crippen LogP) is 8.49. The van der Waals surface area contributed by atoms with Crippen LogP contribution < -0.4 is 0 Å². The van der Waals surface area contributed by atoms with E-state index < -0.39 is 8.24 Å². The van der Waals surface area contributed by atoms with Crippen molar-refractivity contribution in [1.82, 2.24) is 4.23 Å². The maximum atomic E-state index is 2.64. The molecule has 0 unspecified atom stereocenters. The molecule has 0 aliphatic carbocycles. The molecule has 4 rings (SSSR count). The summed E-state index contributed by atoms with van der Waals surface area (Å²) in [6, 6.07) is 22.4. The van der Waals surface area contributed by atoms with Crippen LogP contribution in [0.3, 0.4) is 0 Å². The summed E-state index contributed by atoms with van der Waals surface area (Å²) in [5.74, 6) is 0. The van der Waals surface area contributed by atoms with Crippen LogP contribution in [0.4, 0.5) is 0 Å². The van der Waals surface area contributed by atoms with E-state index in [-0.39, 0.29) is 0 Å². The number of hydrogen-bond donors (Lipinski definition) is 0. The number of fused-ring (bicyclic) bond motifs is 2. The lowest BCUT2D eigenvalue weighted by atomic mass is 9.97. The fourth-order valence-electron chi connectivity index (χ4n) is 5.91. The molecule has 0 amide bonds. The van der Waals surface area contributed by atoms with E-state index in [0.29, 0.717) is 16.6 Å². The van der Waals surface area contributed by atoms with Gasteiger partial charge in [-0.25, -0.2) is 0 Å². The predicted molar refractivity (Wildman–Crippen MR) is 131 cm³/mol. The highest BCUT2D eigenvalue weighted by atomic mass is 28.3. The standard InChI is InChI=1S/C27H33NSi/c1-19(2)29(20(3)4,21(5)6)28-15-14-25(18-28)26-13-9-12-24-16-22-10-7-8-11-23(22)17-27(24)26/h7-21H,1-6H3. The molecule has 0 aliphatic rings. The average Bonchev–Trinajstić information content (AvgIpc) is 3.15. The second-order valence-corrected chi connectivity index (χ2v) is 15.1. The van der Waals surface area contributed by atoms with Crippen LogP contribution in [0.15, 0.2) is 73.1 Å². The zero-order valence-corrected chi connectivity index (χ0v) is 19.6. The molecule has 0 saturated heterocycles. The number of nitrogens with zero attached hydrogens (tertiary/aromatic N) is 1. The highest BCUT2D eigenvalue weighted by Gasteiger charge is 2.44. The van der Waals surface area contributed by atoms with Crippen molar-refractivity contribution in [2.45, 2.75) is 58.2 Å². The monoisotopic (exact) mass is 399 g/mol. The van der Waals surface area contributed by atoms with Crippen LogP contribution in [0.25, 0.3) is 32.7 Å². The molecular weight excluding hydrogens is 366 g/mol. The zero-order chi connectivity index (χ0) is 20.8. The maximum Gasteiger partial charge on any atom is 0.168 e. The van der Waals surface area contributed by atoms with Crippen molar-refractivity contribution in [3.63, 3.8) is 0 Å². The molecule has 0 fully saturated rings. The largest absolute Gasteiger partial charge is 0.379 e. The summed E-state index contributed by atoms with van der Waals surface area (Å²) in [7, 11) is -1.71. The van der Waals surface area contributed by atoms with Gasteiger partial charge in [0.05, 0.1) is 0 Å². The SMILES string of the molecule is CC(C)[Si](C(C)C)(C(C)C)n1ccc(-c2cccc3cc4ccccc4cc23)c1. The lowest BCUT2D eigenvalue weighted by Crippen LogP contribution is -2.51. The van der Waals surface area contributed by atoms with Crippen LogP contribution in [0.1, 0.15) is 41.5 Å². The van der Waals surface area contributed by atoms with Crippen LogP contribution in [0, 0.1) is 0 Å². The summed E-state index contributed by atoms with van der Waals surface area (Å²) in [6.07, 6.45) is 4.80. The normalized spacial score (nSPS) is 12.7. The van der Waals surface area contributed by atoms with Gasteiger partial charge in [0, 0.05) is 6.20 Å². The van der Waals surface area contributed by atoms with Gasteiger partial charge in [-0.05, 0) is 73.7 Å². The molecule has 0 aliphatic heterocycles. The van der Waals surface area contributed by atoms with Crippen molar-refractivity contribution in [2.75, 3.05) is 0 Å². The van der Waals surface area contributed by atoms with E-state index in [1.54, 1.807) is 0 Å². The van der Waals surface area contributed by atoms with Crippen molar-refractivity contribution in [3.05, 3.63) is 73.1 Å². The molecule has 0 atom stereocenters. The summed E-state index contributed by atoms with van der Waals surface area (Å²) < 4.78 is 2.64. The van der Waals surface area contributed by atoms with E-state index >= 15 is 0 Å². The van der Waals surface area contributed by atoms with E-state index in [9.17, 15) is 0 Å². The van der Waals surface area contributed by atoms with Crippen LogP contribution in [-0.2, 0) is 0 Å². The molecule has 0 saturated carbocycles. The van der Waals surface area contributed by atoms with Crippen molar-refractivity contribution in [2.24, 2.45) is 0 Å². The second-order valence-electron chi connectivity index (χ2n) is 9.38. The van der Waals surface area contributed by atoms with Crippen molar-refractivity contribution in [1.29, 1.82) is 0 Å². The number of hydrogen-bond acceptors (Lipinski definition) is 0. The van der Waals surface area contributed by atoms with Gasteiger partial charge in [-0.1, -0.05) is 84.0 Å². The van der Waals surface area contributed by atoms with Gasteiger partial charge in [0.15, 0.2) is 8.24 Å². The molecule has 4 aromatic rings.